The Morgan fingerprint density at radius 2 is 1.79 bits per heavy atom. The van der Waals surface area contributed by atoms with Crippen molar-refractivity contribution in [2.24, 2.45) is 17.3 Å². The van der Waals surface area contributed by atoms with Crippen molar-refractivity contribution >= 4 is 23.2 Å². The quantitative estimate of drug-likeness (QED) is 0.432. The van der Waals surface area contributed by atoms with Crippen LogP contribution in [0.2, 0.25) is 0 Å². The van der Waals surface area contributed by atoms with Crippen molar-refractivity contribution in [2.45, 2.75) is 73.8 Å². The normalized spacial score (nSPS) is 16.9. The van der Waals surface area contributed by atoms with Crippen LogP contribution in [0.5, 0.6) is 0 Å². The second-order valence-electron chi connectivity index (χ2n) is 11.7. The van der Waals surface area contributed by atoms with Crippen LogP contribution >= 0.6 is 11.3 Å². The van der Waals surface area contributed by atoms with Crippen molar-refractivity contribution < 1.29 is 9.59 Å². The van der Waals surface area contributed by atoms with Crippen molar-refractivity contribution in [3.8, 4) is 0 Å². The lowest BCUT2D eigenvalue weighted by atomic mass is 9.84. The van der Waals surface area contributed by atoms with Crippen molar-refractivity contribution in [2.75, 3.05) is 19.6 Å². The molecular formula is C29H42N2O2S. The molecule has 0 spiro atoms. The van der Waals surface area contributed by atoms with Crippen LogP contribution in [-0.4, -0.2) is 41.2 Å². The number of benzene rings is 1. The molecule has 1 aromatic heterocycles. The van der Waals surface area contributed by atoms with Gasteiger partial charge in [-0.15, -0.1) is 11.3 Å². The first-order valence-corrected chi connectivity index (χ1v) is 13.5. The second-order valence-corrected chi connectivity index (χ2v) is 12.7. The van der Waals surface area contributed by atoms with Crippen molar-refractivity contribution in [3.63, 3.8) is 0 Å². The van der Waals surface area contributed by atoms with Gasteiger partial charge in [0, 0.05) is 24.4 Å². The van der Waals surface area contributed by atoms with Crippen LogP contribution in [0.4, 0.5) is 0 Å². The van der Waals surface area contributed by atoms with E-state index in [4.69, 9.17) is 0 Å². The third kappa shape index (κ3) is 6.94. The van der Waals surface area contributed by atoms with E-state index >= 15 is 0 Å². The van der Waals surface area contributed by atoms with Gasteiger partial charge in [-0.05, 0) is 59.6 Å². The Morgan fingerprint density at radius 1 is 1.12 bits per heavy atom. The number of carbonyl (C=O) groups excluding carboxylic acids is 2. The maximum atomic E-state index is 13.7. The molecule has 5 heteroatoms. The van der Waals surface area contributed by atoms with E-state index in [1.807, 2.05) is 9.80 Å². The molecular weight excluding hydrogens is 440 g/mol. The molecule has 2 amide bonds. The second kappa shape index (κ2) is 11.1. The lowest BCUT2D eigenvalue weighted by molar-refractivity contribution is -0.142. The molecule has 1 aliphatic heterocycles. The van der Waals surface area contributed by atoms with E-state index in [1.54, 1.807) is 11.3 Å². The van der Waals surface area contributed by atoms with Gasteiger partial charge in [0.25, 0.3) is 0 Å². The molecule has 1 aliphatic rings. The molecule has 0 bridgehead atoms. The molecule has 2 heterocycles. The number of rotatable bonds is 8. The van der Waals surface area contributed by atoms with E-state index in [0.29, 0.717) is 31.3 Å². The molecule has 1 aromatic carbocycles. The van der Waals surface area contributed by atoms with Gasteiger partial charge in [-0.25, -0.2) is 0 Å². The Morgan fingerprint density at radius 3 is 2.41 bits per heavy atom. The minimum Gasteiger partial charge on any atom is -0.333 e. The molecule has 4 nitrogen and oxygen atoms in total. The number of nitrogens with zero attached hydrogens (tertiary/aromatic N) is 2. The van der Waals surface area contributed by atoms with Gasteiger partial charge in [-0.2, -0.15) is 0 Å². The summed E-state index contributed by atoms with van der Waals surface area (Å²) in [5.74, 6) is 0.743. The van der Waals surface area contributed by atoms with Gasteiger partial charge < -0.3 is 9.80 Å². The zero-order valence-electron chi connectivity index (χ0n) is 22.1. The highest BCUT2D eigenvalue weighted by molar-refractivity contribution is 7.10. The summed E-state index contributed by atoms with van der Waals surface area (Å²) < 4.78 is 0. The zero-order valence-corrected chi connectivity index (χ0v) is 22.9. The predicted octanol–water partition coefficient (Wildman–Crippen LogP) is 6.48. The first-order chi connectivity index (χ1) is 15.9. The number of amides is 2. The fourth-order valence-corrected chi connectivity index (χ4v) is 6.09. The summed E-state index contributed by atoms with van der Waals surface area (Å²) >= 11 is 1.78. The molecule has 0 N–H and O–H groups in total. The van der Waals surface area contributed by atoms with Gasteiger partial charge in [-0.3, -0.25) is 9.59 Å². The highest BCUT2D eigenvalue weighted by atomic mass is 32.1. The molecule has 3 rings (SSSR count). The fraction of sp³-hybridized carbons (Fsp3) is 0.586. The van der Waals surface area contributed by atoms with Crippen LogP contribution in [0.3, 0.4) is 0 Å². The molecule has 186 valence electrons. The molecule has 2 unspecified atom stereocenters. The van der Waals surface area contributed by atoms with Crippen LogP contribution in [0.25, 0.3) is 0 Å². The SMILES string of the molecule is Cc1ccc(C2c3ccsc3CCN2C(=O)CN(CC(C)C)C(=O)CC(C)CC(C)(C)C)cc1. The fourth-order valence-electron chi connectivity index (χ4n) is 5.19. The lowest BCUT2D eigenvalue weighted by Gasteiger charge is -2.38. The van der Waals surface area contributed by atoms with Gasteiger partial charge in [-0.1, -0.05) is 71.4 Å². The highest BCUT2D eigenvalue weighted by Gasteiger charge is 2.34. The molecule has 0 radical (unpaired) electrons. The van der Waals surface area contributed by atoms with Crippen molar-refractivity contribution in [3.05, 3.63) is 57.3 Å². The summed E-state index contributed by atoms with van der Waals surface area (Å²) in [5, 5.41) is 2.13. The monoisotopic (exact) mass is 482 g/mol. The molecule has 0 saturated heterocycles. The minimum absolute atomic E-state index is 0.0416. The van der Waals surface area contributed by atoms with Gasteiger partial charge in [0.05, 0.1) is 12.6 Å². The molecule has 2 aromatic rings. The van der Waals surface area contributed by atoms with Gasteiger partial charge in [0.15, 0.2) is 0 Å². The number of aryl methyl sites for hydroxylation is 1. The first-order valence-electron chi connectivity index (χ1n) is 12.6. The standard InChI is InChI=1S/C29H42N2O2S/c1-20(2)18-30(26(32)16-22(4)17-29(5,6)7)19-27(33)31-14-12-25-24(13-15-34-25)28(31)23-10-8-21(3)9-11-23/h8-11,13,15,20,22,28H,12,14,16-19H2,1-7H3. The first kappa shape index (κ1) is 26.5. The smallest absolute Gasteiger partial charge is 0.242 e. The Bertz CT molecular complexity index is 971. The summed E-state index contributed by atoms with van der Waals surface area (Å²) in [5.41, 5.74) is 3.76. The van der Waals surface area contributed by atoms with Gasteiger partial charge >= 0.3 is 0 Å². The highest BCUT2D eigenvalue weighted by Crippen LogP contribution is 2.38. The van der Waals surface area contributed by atoms with E-state index in [-0.39, 0.29) is 29.8 Å². The Hall–Kier alpha value is -2.14. The van der Waals surface area contributed by atoms with Gasteiger partial charge in [0.2, 0.25) is 11.8 Å². The molecule has 0 aliphatic carbocycles. The van der Waals surface area contributed by atoms with E-state index in [1.165, 1.54) is 16.0 Å². The summed E-state index contributed by atoms with van der Waals surface area (Å²) in [6.45, 7) is 16.5. The van der Waals surface area contributed by atoms with Crippen LogP contribution in [0.1, 0.15) is 82.0 Å². The average Bonchev–Trinajstić information content (AvgIpc) is 3.20. The Kier molecular flexibility index (Phi) is 8.62. The lowest BCUT2D eigenvalue weighted by Crippen LogP contribution is -2.47. The maximum absolute atomic E-state index is 13.7. The molecule has 0 fully saturated rings. The molecule has 2 atom stereocenters. The topological polar surface area (TPSA) is 40.6 Å². The molecule has 34 heavy (non-hydrogen) atoms. The Labute approximate surface area is 210 Å². The van der Waals surface area contributed by atoms with Crippen LogP contribution in [0.15, 0.2) is 35.7 Å². The predicted molar refractivity (Wildman–Crippen MR) is 142 cm³/mol. The summed E-state index contributed by atoms with van der Waals surface area (Å²) in [4.78, 5) is 32.2. The number of hydrogen-bond donors (Lipinski definition) is 0. The average molecular weight is 483 g/mol. The van der Waals surface area contributed by atoms with E-state index in [9.17, 15) is 9.59 Å². The van der Waals surface area contributed by atoms with Crippen molar-refractivity contribution in [1.29, 1.82) is 0 Å². The number of thiophene rings is 1. The van der Waals surface area contributed by atoms with E-state index in [2.05, 4.69) is 84.2 Å². The largest absolute Gasteiger partial charge is 0.333 e. The van der Waals surface area contributed by atoms with E-state index in [0.717, 1.165) is 18.4 Å². The number of hydrogen-bond acceptors (Lipinski definition) is 3. The summed E-state index contributed by atoms with van der Waals surface area (Å²) in [6, 6.07) is 10.6. The molecule has 0 saturated carbocycles. The van der Waals surface area contributed by atoms with E-state index < -0.39 is 0 Å². The summed E-state index contributed by atoms with van der Waals surface area (Å²) in [6.07, 6.45) is 2.36. The van der Waals surface area contributed by atoms with Crippen LogP contribution in [-0.2, 0) is 16.0 Å². The maximum Gasteiger partial charge on any atom is 0.242 e. The number of carbonyl (C=O) groups is 2. The third-order valence-electron chi connectivity index (χ3n) is 6.43. The van der Waals surface area contributed by atoms with Crippen LogP contribution < -0.4 is 0 Å². The van der Waals surface area contributed by atoms with Crippen molar-refractivity contribution in [1.82, 2.24) is 9.80 Å². The third-order valence-corrected chi connectivity index (χ3v) is 7.42. The number of fused-ring (bicyclic) bond motifs is 1. The minimum atomic E-state index is -0.0843. The Balaban J connectivity index is 1.80. The van der Waals surface area contributed by atoms with Crippen LogP contribution in [0, 0.1) is 24.2 Å². The van der Waals surface area contributed by atoms with Gasteiger partial charge in [0.1, 0.15) is 0 Å². The summed E-state index contributed by atoms with van der Waals surface area (Å²) in [7, 11) is 0. The zero-order chi connectivity index (χ0) is 25.0.